The van der Waals surface area contributed by atoms with Gasteiger partial charge in [-0.1, -0.05) is 23.7 Å². The average molecular weight is 444 g/mol. The number of furan rings is 1. The highest BCUT2D eigenvalue weighted by Gasteiger charge is 2.35. The molecule has 0 spiro atoms. The number of nitrogens with zero attached hydrogens (tertiary/aromatic N) is 2. The molecule has 0 bridgehead atoms. The molecule has 3 aromatic rings. The molecule has 2 aromatic carbocycles. The molecule has 1 aliphatic heterocycles. The summed E-state index contributed by atoms with van der Waals surface area (Å²) in [6.07, 6.45) is 3.07. The van der Waals surface area contributed by atoms with Crippen molar-refractivity contribution in [1.29, 1.82) is 0 Å². The molecule has 1 N–H and O–H groups in total. The van der Waals surface area contributed by atoms with Gasteiger partial charge in [0.05, 0.1) is 18.2 Å². The second-order valence-electron chi connectivity index (χ2n) is 6.89. The van der Waals surface area contributed by atoms with E-state index in [-0.39, 0.29) is 5.91 Å². The van der Waals surface area contributed by atoms with Gasteiger partial charge in [0.15, 0.2) is 0 Å². The number of nitrogens with one attached hydrogen (secondary N) is 1. The van der Waals surface area contributed by atoms with E-state index in [0.717, 1.165) is 6.26 Å². The van der Waals surface area contributed by atoms with E-state index in [4.69, 9.17) is 16.0 Å². The van der Waals surface area contributed by atoms with Gasteiger partial charge in [-0.05, 0) is 54.1 Å². The summed E-state index contributed by atoms with van der Waals surface area (Å²) in [6, 6.07) is 16.6. The third kappa shape index (κ3) is 4.39. The standard InChI is InChI=1S/C21H18ClN3O4S/c1-30(27,28)24-17-5-2-4-15(12-17)18-13-19(20-6-3-11-29-20)25(23-18)21(26)14-7-9-16(22)10-8-14/h2-12,19,24H,13H2,1H3/t19-/m0/s1. The van der Waals surface area contributed by atoms with Crippen LogP contribution in [0.2, 0.25) is 5.02 Å². The maximum absolute atomic E-state index is 13.1. The van der Waals surface area contributed by atoms with E-state index in [1.807, 2.05) is 6.07 Å². The number of carbonyl (C=O) groups is 1. The quantitative estimate of drug-likeness (QED) is 0.636. The van der Waals surface area contributed by atoms with E-state index < -0.39 is 16.1 Å². The monoisotopic (exact) mass is 443 g/mol. The minimum Gasteiger partial charge on any atom is -0.467 e. The lowest BCUT2D eigenvalue weighted by molar-refractivity contribution is 0.0693. The first-order valence-corrected chi connectivity index (χ1v) is 11.4. The van der Waals surface area contributed by atoms with E-state index in [1.54, 1.807) is 60.9 Å². The highest BCUT2D eigenvalue weighted by Crippen LogP contribution is 2.34. The third-order valence-electron chi connectivity index (χ3n) is 4.58. The number of sulfonamides is 1. The summed E-state index contributed by atoms with van der Waals surface area (Å²) in [4.78, 5) is 13.1. The Morgan fingerprint density at radius 2 is 1.93 bits per heavy atom. The fourth-order valence-electron chi connectivity index (χ4n) is 3.28. The molecule has 9 heteroatoms. The lowest BCUT2D eigenvalue weighted by atomic mass is 10.0. The lowest BCUT2D eigenvalue weighted by Gasteiger charge is -2.19. The van der Waals surface area contributed by atoms with Crippen molar-refractivity contribution in [3.63, 3.8) is 0 Å². The molecular formula is C21H18ClN3O4S. The van der Waals surface area contributed by atoms with Crippen LogP contribution in [-0.2, 0) is 10.0 Å². The van der Waals surface area contributed by atoms with Gasteiger partial charge in [-0.25, -0.2) is 13.4 Å². The lowest BCUT2D eigenvalue weighted by Crippen LogP contribution is -2.26. The van der Waals surface area contributed by atoms with Gasteiger partial charge in [0, 0.05) is 22.7 Å². The van der Waals surface area contributed by atoms with Crippen molar-refractivity contribution in [3.05, 3.63) is 88.8 Å². The Morgan fingerprint density at radius 1 is 1.17 bits per heavy atom. The van der Waals surface area contributed by atoms with Gasteiger partial charge in [0.1, 0.15) is 11.8 Å². The SMILES string of the molecule is CS(=O)(=O)Nc1cccc(C2=NN(C(=O)c3ccc(Cl)cc3)[C@H](c3ccco3)C2)c1. The van der Waals surface area contributed by atoms with Gasteiger partial charge in [-0.15, -0.1) is 0 Å². The molecule has 2 heterocycles. The highest BCUT2D eigenvalue weighted by molar-refractivity contribution is 7.92. The number of hydrogen-bond donors (Lipinski definition) is 1. The number of rotatable bonds is 5. The molecule has 1 amide bonds. The van der Waals surface area contributed by atoms with Crippen LogP contribution in [0.4, 0.5) is 5.69 Å². The first-order valence-electron chi connectivity index (χ1n) is 9.08. The molecule has 1 aliphatic rings. The van der Waals surface area contributed by atoms with Crippen LogP contribution in [0.1, 0.15) is 34.1 Å². The second kappa shape index (κ2) is 7.97. The number of hydrazone groups is 1. The number of hydrogen-bond acceptors (Lipinski definition) is 5. The Balaban J connectivity index is 1.69. The molecule has 4 rings (SSSR count). The molecule has 0 saturated carbocycles. The molecule has 0 radical (unpaired) electrons. The van der Waals surface area contributed by atoms with Crippen LogP contribution in [0.15, 0.2) is 76.4 Å². The minimum atomic E-state index is -3.41. The van der Waals surface area contributed by atoms with Crippen molar-refractivity contribution in [3.8, 4) is 0 Å². The molecule has 0 unspecified atom stereocenters. The van der Waals surface area contributed by atoms with Gasteiger partial charge in [0.25, 0.3) is 5.91 Å². The van der Waals surface area contributed by atoms with Crippen LogP contribution in [-0.4, -0.2) is 31.3 Å². The topological polar surface area (TPSA) is 92.0 Å². The van der Waals surface area contributed by atoms with Gasteiger partial charge in [-0.3, -0.25) is 9.52 Å². The van der Waals surface area contributed by atoms with E-state index in [0.29, 0.717) is 39.7 Å². The van der Waals surface area contributed by atoms with E-state index in [1.165, 1.54) is 5.01 Å². The molecular weight excluding hydrogens is 426 g/mol. The molecule has 0 aliphatic carbocycles. The molecule has 7 nitrogen and oxygen atoms in total. The zero-order valence-electron chi connectivity index (χ0n) is 15.9. The number of halogens is 1. The van der Waals surface area contributed by atoms with Crippen molar-refractivity contribution in [1.82, 2.24) is 5.01 Å². The fraction of sp³-hybridized carbons (Fsp3) is 0.143. The second-order valence-corrected chi connectivity index (χ2v) is 9.08. The predicted molar refractivity (Wildman–Crippen MR) is 115 cm³/mol. The van der Waals surface area contributed by atoms with Gasteiger partial charge in [0.2, 0.25) is 10.0 Å². The molecule has 154 valence electrons. The summed E-state index contributed by atoms with van der Waals surface area (Å²) in [5.74, 6) is 0.329. The van der Waals surface area contributed by atoms with Crippen molar-refractivity contribution < 1.29 is 17.6 Å². The van der Waals surface area contributed by atoms with Crippen LogP contribution in [0, 0.1) is 0 Å². The summed E-state index contributed by atoms with van der Waals surface area (Å²) in [7, 11) is -3.41. The first-order chi connectivity index (χ1) is 14.3. The number of benzene rings is 2. The van der Waals surface area contributed by atoms with Crippen LogP contribution >= 0.6 is 11.6 Å². The molecule has 30 heavy (non-hydrogen) atoms. The minimum absolute atomic E-state index is 0.284. The first kappa shape index (κ1) is 20.2. The van der Waals surface area contributed by atoms with Crippen molar-refractivity contribution in [2.45, 2.75) is 12.5 Å². The number of carbonyl (C=O) groups excluding carboxylic acids is 1. The van der Waals surface area contributed by atoms with Crippen molar-refractivity contribution >= 4 is 38.9 Å². The van der Waals surface area contributed by atoms with Crippen LogP contribution in [0.25, 0.3) is 0 Å². The Kier molecular flexibility index (Phi) is 5.36. The Bertz CT molecular complexity index is 1210. The average Bonchev–Trinajstić information content (AvgIpc) is 3.37. The maximum Gasteiger partial charge on any atom is 0.274 e. The van der Waals surface area contributed by atoms with Crippen LogP contribution in [0.5, 0.6) is 0 Å². The molecule has 1 aromatic heterocycles. The number of anilines is 1. The zero-order chi connectivity index (χ0) is 21.3. The van der Waals surface area contributed by atoms with Gasteiger partial charge >= 0.3 is 0 Å². The molecule has 0 fully saturated rings. The summed E-state index contributed by atoms with van der Waals surface area (Å²) in [5.41, 5.74) is 2.24. The summed E-state index contributed by atoms with van der Waals surface area (Å²) < 4.78 is 31.1. The number of amides is 1. The summed E-state index contributed by atoms with van der Waals surface area (Å²) in [5, 5.41) is 6.50. The highest BCUT2D eigenvalue weighted by atomic mass is 35.5. The Hall–Kier alpha value is -3.10. The van der Waals surface area contributed by atoms with E-state index in [2.05, 4.69) is 9.82 Å². The van der Waals surface area contributed by atoms with Crippen molar-refractivity contribution in [2.75, 3.05) is 11.0 Å². The maximum atomic E-state index is 13.1. The van der Waals surface area contributed by atoms with Gasteiger partial charge < -0.3 is 4.42 Å². The summed E-state index contributed by atoms with van der Waals surface area (Å²) >= 11 is 5.93. The van der Waals surface area contributed by atoms with E-state index in [9.17, 15) is 13.2 Å². The van der Waals surface area contributed by atoms with E-state index >= 15 is 0 Å². The normalized spacial score (nSPS) is 16.4. The largest absolute Gasteiger partial charge is 0.467 e. The van der Waals surface area contributed by atoms with Crippen LogP contribution < -0.4 is 4.72 Å². The zero-order valence-corrected chi connectivity index (χ0v) is 17.5. The fourth-order valence-corrected chi connectivity index (χ4v) is 3.96. The molecule has 1 atom stereocenters. The van der Waals surface area contributed by atoms with Crippen molar-refractivity contribution in [2.24, 2.45) is 5.10 Å². The summed E-state index contributed by atoms with van der Waals surface area (Å²) in [6.45, 7) is 0. The smallest absolute Gasteiger partial charge is 0.274 e. The Morgan fingerprint density at radius 3 is 2.60 bits per heavy atom. The molecule has 0 saturated heterocycles. The van der Waals surface area contributed by atoms with Crippen LogP contribution in [0.3, 0.4) is 0 Å². The third-order valence-corrected chi connectivity index (χ3v) is 5.44. The Labute approximate surface area is 179 Å². The predicted octanol–water partition coefficient (Wildman–Crippen LogP) is 4.30. The van der Waals surface area contributed by atoms with Gasteiger partial charge in [-0.2, -0.15) is 5.10 Å².